The molecule has 0 bridgehead atoms. The zero-order valence-corrected chi connectivity index (χ0v) is 10.1. The molecule has 0 aliphatic heterocycles. The summed E-state index contributed by atoms with van der Waals surface area (Å²) < 4.78 is 0. The van der Waals surface area contributed by atoms with Crippen molar-refractivity contribution in [2.24, 2.45) is 0 Å². The van der Waals surface area contributed by atoms with Gasteiger partial charge in [-0.1, -0.05) is 13.8 Å². The van der Waals surface area contributed by atoms with Crippen molar-refractivity contribution < 1.29 is 5.11 Å². The number of aromatic nitrogens is 2. The lowest BCUT2D eigenvalue weighted by Gasteiger charge is -2.25. The van der Waals surface area contributed by atoms with Gasteiger partial charge in [0.2, 0.25) is 0 Å². The van der Waals surface area contributed by atoms with Gasteiger partial charge in [-0.3, -0.25) is 0 Å². The van der Waals surface area contributed by atoms with Crippen LogP contribution in [0.5, 0.6) is 0 Å². The van der Waals surface area contributed by atoms with Crippen LogP contribution in [-0.4, -0.2) is 34.3 Å². The molecule has 5 heteroatoms. The van der Waals surface area contributed by atoms with Crippen LogP contribution in [0, 0.1) is 0 Å². The minimum atomic E-state index is -0.662. The fraction of sp³-hybridized carbons (Fsp3) is 0.636. The summed E-state index contributed by atoms with van der Waals surface area (Å²) in [4.78, 5) is 8.10. The zero-order valence-electron chi connectivity index (χ0n) is 10.1. The van der Waals surface area contributed by atoms with Gasteiger partial charge in [-0.15, -0.1) is 0 Å². The third-order valence-corrected chi connectivity index (χ3v) is 2.84. The van der Waals surface area contributed by atoms with E-state index in [0.29, 0.717) is 6.54 Å². The molecule has 1 aromatic rings. The van der Waals surface area contributed by atoms with E-state index in [2.05, 4.69) is 20.6 Å². The standard InChI is InChI=1S/C11H20N4O/c1-4-11(16,5-2)7-13-10-6-9(12-3)14-8-15-10/h6,8,16H,4-5,7H2,1-3H3,(H2,12,13,14,15). The predicted octanol–water partition coefficient (Wildman–Crippen LogP) is 1.48. The lowest BCUT2D eigenvalue weighted by molar-refractivity contribution is 0.0456. The predicted molar refractivity (Wildman–Crippen MR) is 65.6 cm³/mol. The fourth-order valence-electron chi connectivity index (χ4n) is 1.35. The quantitative estimate of drug-likeness (QED) is 0.683. The lowest BCUT2D eigenvalue weighted by Crippen LogP contribution is -2.35. The average molecular weight is 224 g/mol. The normalized spacial score (nSPS) is 11.2. The molecule has 3 N–H and O–H groups in total. The molecule has 16 heavy (non-hydrogen) atoms. The van der Waals surface area contributed by atoms with Crippen molar-refractivity contribution in [1.82, 2.24) is 9.97 Å². The van der Waals surface area contributed by atoms with Crippen LogP contribution in [0.2, 0.25) is 0 Å². The van der Waals surface area contributed by atoms with E-state index in [-0.39, 0.29) is 0 Å². The highest BCUT2D eigenvalue weighted by Crippen LogP contribution is 2.16. The Morgan fingerprint density at radius 2 is 1.88 bits per heavy atom. The van der Waals surface area contributed by atoms with E-state index in [0.717, 1.165) is 24.5 Å². The van der Waals surface area contributed by atoms with Gasteiger partial charge in [-0.2, -0.15) is 0 Å². The second-order valence-corrected chi connectivity index (χ2v) is 3.82. The number of nitrogens with zero attached hydrogens (tertiary/aromatic N) is 2. The van der Waals surface area contributed by atoms with Gasteiger partial charge >= 0.3 is 0 Å². The molecule has 90 valence electrons. The molecule has 0 atom stereocenters. The summed E-state index contributed by atoms with van der Waals surface area (Å²) >= 11 is 0. The van der Waals surface area contributed by atoms with Crippen LogP contribution < -0.4 is 10.6 Å². The summed E-state index contributed by atoms with van der Waals surface area (Å²) in [5, 5.41) is 16.2. The fourth-order valence-corrected chi connectivity index (χ4v) is 1.35. The van der Waals surface area contributed by atoms with E-state index < -0.39 is 5.60 Å². The van der Waals surface area contributed by atoms with Gasteiger partial charge in [0.1, 0.15) is 18.0 Å². The molecule has 1 rings (SSSR count). The summed E-state index contributed by atoms with van der Waals surface area (Å²) in [6.45, 7) is 4.45. The highest BCUT2D eigenvalue weighted by molar-refractivity contribution is 5.46. The molecule has 1 aromatic heterocycles. The third-order valence-electron chi connectivity index (χ3n) is 2.84. The van der Waals surface area contributed by atoms with Crippen LogP contribution in [0.25, 0.3) is 0 Å². The topological polar surface area (TPSA) is 70.1 Å². The summed E-state index contributed by atoms with van der Waals surface area (Å²) in [6, 6.07) is 1.81. The lowest BCUT2D eigenvalue weighted by atomic mass is 9.98. The average Bonchev–Trinajstić information content (AvgIpc) is 2.36. The summed E-state index contributed by atoms with van der Waals surface area (Å²) in [5.41, 5.74) is -0.662. The second kappa shape index (κ2) is 5.65. The zero-order chi connectivity index (χ0) is 12.0. The Balaban J connectivity index is 2.60. The first-order chi connectivity index (χ1) is 7.63. The van der Waals surface area contributed by atoms with Gasteiger partial charge in [0.05, 0.1) is 5.60 Å². The first kappa shape index (κ1) is 12.7. The minimum absolute atomic E-state index is 0.500. The van der Waals surface area contributed by atoms with E-state index in [4.69, 9.17) is 0 Å². The maximum absolute atomic E-state index is 10.1. The molecule has 0 unspecified atom stereocenters. The maximum Gasteiger partial charge on any atom is 0.131 e. The molecule has 0 amide bonds. The number of anilines is 2. The van der Waals surface area contributed by atoms with Crippen molar-refractivity contribution in [3.05, 3.63) is 12.4 Å². The van der Waals surface area contributed by atoms with Gasteiger partial charge in [-0.05, 0) is 12.8 Å². The highest BCUT2D eigenvalue weighted by atomic mass is 16.3. The molecule has 5 nitrogen and oxygen atoms in total. The van der Waals surface area contributed by atoms with Crippen molar-refractivity contribution >= 4 is 11.6 Å². The molecule has 0 fully saturated rings. The third kappa shape index (κ3) is 3.34. The number of rotatable bonds is 6. The smallest absolute Gasteiger partial charge is 0.131 e. The molecular formula is C11H20N4O. The number of aliphatic hydroxyl groups is 1. The SMILES string of the molecule is CCC(O)(CC)CNc1cc(NC)ncn1. The molecule has 0 aliphatic rings. The number of hydrogen-bond acceptors (Lipinski definition) is 5. The maximum atomic E-state index is 10.1. The Morgan fingerprint density at radius 1 is 1.25 bits per heavy atom. The minimum Gasteiger partial charge on any atom is -0.388 e. The summed E-state index contributed by atoms with van der Waals surface area (Å²) in [6.07, 6.45) is 2.94. The second-order valence-electron chi connectivity index (χ2n) is 3.82. The van der Waals surface area contributed by atoms with Crippen LogP contribution in [0.15, 0.2) is 12.4 Å². The molecular weight excluding hydrogens is 204 g/mol. The molecule has 0 radical (unpaired) electrons. The molecule has 0 aliphatic carbocycles. The highest BCUT2D eigenvalue weighted by Gasteiger charge is 2.21. The molecule has 0 aromatic carbocycles. The van der Waals surface area contributed by atoms with Gasteiger partial charge in [0.15, 0.2) is 0 Å². The van der Waals surface area contributed by atoms with Gasteiger partial charge in [0.25, 0.3) is 0 Å². The Kier molecular flexibility index (Phi) is 4.49. The van der Waals surface area contributed by atoms with Crippen molar-refractivity contribution in [2.45, 2.75) is 32.3 Å². The first-order valence-electron chi connectivity index (χ1n) is 5.59. The van der Waals surface area contributed by atoms with E-state index >= 15 is 0 Å². The van der Waals surface area contributed by atoms with Crippen molar-refractivity contribution in [3.63, 3.8) is 0 Å². The molecule has 0 saturated heterocycles. The first-order valence-corrected chi connectivity index (χ1v) is 5.59. The van der Waals surface area contributed by atoms with Crippen molar-refractivity contribution in [2.75, 3.05) is 24.2 Å². The summed E-state index contributed by atoms with van der Waals surface area (Å²) in [7, 11) is 1.81. The van der Waals surface area contributed by atoms with Crippen molar-refractivity contribution in [3.8, 4) is 0 Å². The van der Waals surface area contributed by atoms with Crippen LogP contribution in [0.1, 0.15) is 26.7 Å². The largest absolute Gasteiger partial charge is 0.388 e. The van der Waals surface area contributed by atoms with Crippen LogP contribution >= 0.6 is 0 Å². The molecule has 1 heterocycles. The van der Waals surface area contributed by atoms with Crippen LogP contribution in [0.4, 0.5) is 11.6 Å². The van der Waals surface area contributed by atoms with Crippen molar-refractivity contribution in [1.29, 1.82) is 0 Å². The Hall–Kier alpha value is -1.36. The van der Waals surface area contributed by atoms with E-state index in [1.807, 2.05) is 19.9 Å². The van der Waals surface area contributed by atoms with E-state index in [1.54, 1.807) is 7.05 Å². The number of hydrogen-bond donors (Lipinski definition) is 3. The van der Waals surface area contributed by atoms with Crippen LogP contribution in [0.3, 0.4) is 0 Å². The van der Waals surface area contributed by atoms with Gasteiger partial charge < -0.3 is 15.7 Å². The molecule has 0 saturated carbocycles. The Morgan fingerprint density at radius 3 is 2.44 bits per heavy atom. The number of nitrogens with one attached hydrogen (secondary N) is 2. The monoisotopic (exact) mass is 224 g/mol. The van der Waals surface area contributed by atoms with E-state index in [1.165, 1.54) is 6.33 Å². The molecule has 0 spiro atoms. The Labute approximate surface area is 96.3 Å². The van der Waals surface area contributed by atoms with Gasteiger partial charge in [-0.25, -0.2) is 9.97 Å². The van der Waals surface area contributed by atoms with E-state index in [9.17, 15) is 5.11 Å². The van der Waals surface area contributed by atoms with Crippen LogP contribution in [-0.2, 0) is 0 Å². The Bertz CT molecular complexity index is 326. The van der Waals surface area contributed by atoms with Gasteiger partial charge in [0, 0.05) is 19.7 Å². The summed E-state index contributed by atoms with van der Waals surface area (Å²) in [5.74, 6) is 1.48.